The normalized spacial score (nSPS) is 25.3. The molecule has 1 saturated carbocycles. The molecule has 1 aromatic carbocycles. The number of hydrogen-bond donors (Lipinski definition) is 0. The third-order valence-electron chi connectivity index (χ3n) is 7.28. The molecule has 2 nitrogen and oxygen atoms in total. The SMILES string of the molecule is CN(C)C12C=CC(C3=c4c(c5c(n4-c4ccccc4)C=CCC=C5)=CC=CC3)=CC1C2. The first kappa shape index (κ1) is 18.7. The second kappa shape index (κ2) is 6.96. The Bertz CT molecular complexity index is 1330. The fraction of sp³-hybridized carbons (Fsp3) is 0.241. The molecule has 31 heavy (non-hydrogen) atoms. The molecule has 1 fully saturated rings. The number of aromatic nitrogens is 1. The molecule has 0 saturated heterocycles. The third kappa shape index (κ3) is 2.82. The molecule has 0 bridgehead atoms. The molecular formula is C29H28N2. The van der Waals surface area contributed by atoms with Gasteiger partial charge in [0.1, 0.15) is 0 Å². The fourth-order valence-electron chi connectivity index (χ4n) is 5.48. The van der Waals surface area contributed by atoms with E-state index in [2.05, 4.69) is 115 Å². The van der Waals surface area contributed by atoms with E-state index >= 15 is 0 Å². The predicted molar refractivity (Wildman–Crippen MR) is 131 cm³/mol. The first-order valence-electron chi connectivity index (χ1n) is 11.3. The van der Waals surface area contributed by atoms with Crippen molar-refractivity contribution in [3.05, 3.63) is 100 Å². The molecule has 0 radical (unpaired) electrons. The van der Waals surface area contributed by atoms with E-state index in [1.165, 1.54) is 45.1 Å². The van der Waals surface area contributed by atoms with Crippen LogP contribution in [-0.4, -0.2) is 29.1 Å². The Balaban J connectivity index is 1.67. The number of hydrogen-bond acceptors (Lipinski definition) is 1. The summed E-state index contributed by atoms with van der Waals surface area (Å²) >= 11 is 0. The van der Waals surface area contributed by atoms with E-state index in [1.54, 1.807) is 0 Å². The summed E-state index contributed by atoms with van der Waals surface area (Å²) in [5, 5.41) is 2.67. The molecule has 0 spiro atoms. The van der Waals surface area contributed by atoms with E-state index < -0.39 is 0 Å². The van der Waals surface area contributed by atoms with Crippen LogP contribution in [-0.2, 0) is 0 Å². The van der Waals surface area contributed by atoms with Crippen LogP contribution in [0.1, 0.15) is 30.5 Å². The average Bonchev–Trinajstić information content (AvgIpc) is 3.54. The lowest BCUT2D eigenvalue weighted by Gasteiger charge is -2.24. The zero-order valence-corrected chi connectivity index (χ0v) is 18.3. The summed E-state index contributed by atoms with van der Waals surface area (Å²) < 4.78 is 2.48. The fourth-order valence-corrected chi connectivity index (χ4v) is 5.48. The maximum absolute atomic E-state index is 2.53. The molecule has 1 aromatic heterocycles. The molecule has 2 aromatic rings. The number of likely N-dealkylation sites (N-methyl/N-ethyl adjacent to an activating group) is 1. The zero-order chi connectivity index (χ0) is 21.0. The number of allylic oxidation sites excluding steroid dienone is 6. The highest BCUT2D eigenvalue weighted by Crippen LogP contribution is 2.53. The number of para-hydroxylation sites is 1. The van der Waals surface area contributed by atoms with Gasteiger partial charge < -0.3 is 4.57 Å². The molecule has 154 valence electrons. The van der Waals surface area contributed by atoms with Gasteiger partial charge in [0.25, 0.3) is 0 Å². The van der Waals surface area contributed by atoms with Crippen LogP contribution in [0.5, 0.6) is 0 Å². The van der Waals surface area contributed by atoms with Gasteiger partial charge in [-0.3, -0.25) is 4.90 Å². The molecule has 0 N–H and O–H groups in total. The van der Waals surface area contributed by atoms with Crippen molar-refractivity contribution in [3.8, 4) is 5.69 Å². The molecule has 2 unspecified atom stereocenters. The van der Waals surface area contributed by atoms with Crippen LogP contribution in [0.2, 0.25) is 0 Å². The van der Waals surface area contributed by atoms with Crippen LogP contribution < -0.4 is 10.6 Å². The molecule has 1 heterocycles. The van der Waals surface area contributed by atoms with Crippen molar-refractivity contribution in [2.24, 2.45) is 5.92 Å². The summed E-state index contributed by atoms with van der Waals surface area (Å²) in [6.45, 7) is 0. The van der Waals surface area contributed by atoms with Gasteiger partial charge in [0, 0.05) is 27.9 Å². The minimum absolute atomic E-state index is 0.240. The molecule has 6 rings (SSSR count). The summed E-state index contributed by atoms with van der Waals surface area (Å²) in [6.07, 6.45) is 26.5. The summed E-state index contributed by atoms with van der Waals surface area (Å²) in [5.41, 5.74) is 6.88. The first-order valence-corrected chi connectivity index (χ1v) is 11.3. The van der Waals surface area contributed by atoms with Crippen molar-refractivity contribution in [1.29, 1.82) is 0 Å². The van der Waals surface area contributed by atoms with Gasteiger partial charge in [-0.1, -0.05) is 72.9 Å². The number of fused-ring (bicyclic) bond motifs is 4. The molecule has 0 aliphatic heterocycles. The lowest BCUT2D eigenvalue weighted by molar-refractivity contribution is 0.311. The number of rotatable bonds is 3. The van der Waals surface area contributed by atoms with Crippen LogP contribution in [0.25, 0.3) is 29.5 Å². The van der Waals surface area contributed by atoms with E-state index in [9.17, 15) is 0 Å². The van der Waals surface area contributed by atoms with Gasteiger partial charge in [0.05, 0.1) is 11.0 Å². The maximum Gasteiger partial charge on any atom is 0.0582 e. The molecule has 4 aliphatic carbocycles. The largest absolute Gasteiger partial charge is 0.309 e. The van der Waals surface area contributed by atoms with Gasteiger partial charge in [-0.15, -0.1) is 0 Å². The second-order valence-electron chi connectivity index (χ2n) is 9.20. The van der Waals surface area contributed by atoms with Gasteiger partial charge in [0.2, 0.25) is 0 Å². The number of nitrogens with zero attached hydrogens (tertiary/aromatic N) is 2. The second-order valence-corrected chi connectivity index (χ2v) is 9.20. The van der Waals surface area contributed by atoms with E-state index in [0.717, 1.165) is 12.8 Å². The van der Waals surface area contributed by atoms with Crippen LogP contribution in [0.15, 0.2) is 78.4 Å². The van der Waals surface area contributed by atoms with Crippen molar-refractivity contribution in [1.82, 2.24) is 9.47 Å². The van der Waals surface area contributed by atoms with Gasteiger partial charge >= 0.3 is 0 Å². The molecule has 0 amide bonds. The lowest BCUT2D eigenvalue weighted by atomic mass is 9.94. The van der Waals surface area contributed by atoms with E-state index in [-0.39, 0.29) is 5.54 Å². The molecule has 4 aliphatic rings. The van der Waals surface area contributed by atoms with Gasteiger partial charge in [-0.05, 0) is 62.7 Å². The Labute approximate surface area is 184 Å². The predicted octanol–water partition coefficient (Wildman–Crippen LogP) is 4.62. The summed E-state index contributed by atoms with van der Waals surface area (Å²) in [4.78, 5) is 2.38. The van der Waals surface area contributed by atoms with E-state index in [0.29, 0.717) is 5.92 Å². The smallest absolute Gasteiger partial charge is 0.0582 e. The van der Waals surface area contributed by atoms with Crippen LogP contribution in [0, 0.1) is 5.92 Å². The monoisotopic (exact) mass is 404 g/mol. The standard InChI is InChI=1S/C29H28N2/c1-30(2)29-18-17-21(19-22(29)20-29)24-13-9-10-15-26-25-14-7-4-8-16-27(25)31(28(24)26)23-11-5-3-6-12-23/h3,5-12,14-19,22H,4,13,20H2,1-2H3. The Kier molecular flexibility index (Phi) is 4.19. The van der Waals surface area contributed by atoms with Gasteiger partial charge in [-0.2, -0.15) is 0 Å². The van der Waals surface area contributed by atoms with Crippen molar-refractivity contribution < 1.29 is 0 Å². The minimum Gasteiger partial charge on any atom is -0.309 e. The summed E-state index contributed by atoms with van der Waals surface area (Å²) in [7, 11) is 4.40. The Morgan fingerprint density at radius 2 is 1.84 bits per heavy atom. The number of benzene rings is 1. The van der Waals surface area contributed by atoms with Crippen LogP contribution in [0.4, 0.5) is 0 Å². The zero-order valence-electron chi connectivity index (χ0n) is 18.3. The van der Waals surface area contributed by atoms with E-state index in [1.807, 2.05) is 0 Å². The first-order chi connectivity index (χ1) is 15.2. The quantitative estimate of drug-likeness (QED) is 0.725. The van der Waals surface area contributed by atoms with E-state index in [4.69, 9.17) is 0 Å². The maximum atomic E-state index is 2.53. The van der Waals surface area contributed by atoms with Crippen molar-refractivity contribution in [2.75, 3.05) is 14.1 Å². The lowest BCUT2D eigenvalue weighted by Crippen LogP contribution is -2.33. The van der Waals surface area contributed by atoms with Crippen molar-refractivity contribution in [3.63, 3.8) is 0 Å². The van der Waals surface area contributed by atoms with Gasteiger partial charge in [0.15, 0.2) is 0 Å². The highest BCUT2D eigenvalue weighted by atomic mass is 15.2. The highest BCUT2D eigenvalue weighted by molar-refractivity contribution is 5.77. The highest BCUT2D eigenvalue weighted by Gasteiger charge is 2.54. The Morgan fingerprint density at radius 3 is 2.65 bits per heavy atom. The average molecular weight is 405 g/mol. The molecule has 2 heteroatoms. The summed E-state index contributed by atoms with van der Waals surface area (Å²) in [6, 6.07) is 10.8. The Morgan fingerprint density at radius 1 is 1.00 bits per heavy atom. The van der Waals surface area contributed by atoms with Crippen molar-refractivity contribution >= 4 is 23.8 Å². The minimum atomic E-state index is 0.240. The molecule has 2 atom stereocenters. The summed E-state index contributed by atoms with van der Waals surface area (Å²) in [5.74, 6) is 0.618. The van der Waals surface area contributed by atoms with Crippen LogP contribution in [0.3, 0.4) is 0 Å². The Hall–Kier alpha value is -3.10. The van der Waals surface area contributed by atoms with Gasteiger partial charge in [-0.25, -0.2) is 0 Å². The third-order valence-corrected chi connectivity index (χ3v) is 7.28. The topological polar surface area (TPSA) is 8.17 Å². The molecular weight excluding hydrogens is 376 g/mol. The van der Waals surface area contributed by atoms with Crippen LogP contribution >= 0.6 is 0 Å². The van der Waals surface area contributed by atoms with Crippen molar-refractivity contribution in [2.45, 2.75) is 24.8 Å².